The summed E-state index contributed by atoms with van der Waals surface area (Å²) in [6.45, 7) is 4.17. The molecule has 1 saturated heterocycles. The lowest BCUT2D eigenvalue weighted by Gasteiger charge is -2.26. The lowest BCUT2D eigenvalue weighted by Crippen LogP contribution is -2.31. The summed E-state index contributed by atoms with van der Waals surface area (Å²) < 4.78 is 0. The van der Waals surface area contributed by atoms with Crippen LogP contribution < -0.4 is 10.6 Å². The van der Waals surface area contributed by atoms with Gasteiger partial charge in [0.1, 0.15) is 0 Å². The fourth-order valence-electron chi connectivity index (χ4n) is 2.07. The third kappa shape index (κ3) is 2.92. The molecule has 1 unspecified atom stereocenters. The number of rotatable bonds is 3. The monoisotopic (exact) mass is 220 g/mol. The molecule has 0 saturated carbocycles. The summed E-state index contributed by atoms with van der Waals surface area (Å²) in [5.74, 6) is 0.873. The smallest absolute Gasteiger partial charge is 0.225 e. The topological polar surface area (TPSA) is 55.0 Å². The number of piperidine rings is 1. The van der Waals surface area contributed by atoms with Gasteiger partial charge in [-0.15, -0.1) is 0 Å². The summed E-state index contributed by atoms with van der Waals surface area (Å²) in [5.41, 5.74) is 6.83. The van der Waals surface area contributed by atoms with E-state index in [1.54, 1.807) is 0 Å². The Morgan fingerprint density at radius 3 is 2.81 bits per heavy atom. The summed E-state index contributed by atoms with van der Waals surface area (Å²) in [4.78, 5) is 11.2. The Labute approximate surface area is 96.9 Å². The molecule has 1 atom stereocenters. The fourth-order valence-corrected chi connectivity index (χ4v) is 2.07. The van der Waals surface area contributed by atoms with Crippen molar-refractivity contribution in [2.24, 2.45) is 5.73 Å². The van der Waals surface area contributed by atoms with Gasteiger partial charge in [-0.3, -0.25) is 0 Å². The van der Waals surface area contributed by atoms with E-state index in [1.807, 2.05) is 19.2 Å². The molecule has 4 nitrogen and oxygen atoms in total. The quantitative estimate of drug-likeness (QED) is 0.835. The molecule has 4 heteroatoms. The lowest BCUT2D eigenvalue weighted by molar-refractivity contribution is 0.566. The van der Waals surface area contributed by atoms with Crippen molar-refractivity contribution in [1.29, 1.82) is 0 Å². The Morgan fingerprint density at radius 1 is 1.38 bits per heavy atom. The van der Waals surface area contributed by atoms with E-state index >= 15 is 0 Å². The predicted molar refractivity (Wildman–Crippen MR) is 65.4 cm³/mol. The van der Waals surface area contributed by atoms with Crippen LogP contribution in [0.15, 0.2) is 12.3 Å². The number of nitrogens with zero attached hydrogens (tertiary/aromatic N) is 3. The second-order valence-electron chi connectivity index (χ2n) is 4.58. The van der Waals surface area contributed by atoms with Crippen LogP contribution >= 0.6 is 0 Å². The molecule has 88 valence electrons. The van der Waals surface area contributed by atoms with E-state index in [1.165, 1.54) is 19.3 Å². The average molecular weight is 220 g/mol. The third-order valence-corrected chi connectivity index (χ3v) is 2.87. The summed E-state index contributed by atoms with van der Waals surface area (Å²) in [5, 5.41) is 0. The Balaban J connectivity index is 2.08. The van der Waals surface area contributed by atoms with Gasteiger partial charge in [0.2, 0.25) is 5.95 Å². The number of hydrogen-bond acceptors (Lipinski definition) is 4. The second kappa shape index (κ2) is 5.25. The second-order valence-corrected chi connectivity index (χ2v) is 4.58. The Bertz CT molecular complexity index is 332. The molecule has 1 aliphatic rings. The molecule has 0 bridgehead atoms. The van der Waals surface area contributed by atoms with Crippen molar-refractivity contribution in [3.63, 3.8) is 0 Å². The van der Waals surface area contributed by atoms with Gasteiger partial charge in [-0.25, -0.2) is 9.97 Å². The molecule has 1 aromatic rings. The van der Waals surface area contributed by atoms with E-state index < -0.39 is 0 Å². The zero-order valence-corrected chi connectivity index (χ0v) is 9.89. The van der Waals surface area contributed by atoms with E-state index in [0.29, 0.717) is 0 Å². The number of hydrogen-bond donors (Lipinski definition) is 1. The van der Waals surface area contributed by atoms with E-state index in [2.05, 4.69) is 14.9 Å². The maximum absolute atomic E-state index is 5.78. The fraction of sp³-hybridized carbons (Fsp3) is 0.667. The van der Waals surface area contributed by atoms with E-state index in [9.17, 15) is 0 Å². The van der Waals surface area contributed by atoms with Gasteiger partial charge in [0.05, 0.1) is 0 Å². The highest BCUT2D eigenvalue weighted by molar-refractivity contribution is 5.30. The molecule has 0 aliphatic carbocycles. The maximum Gasteiger partial charge on any atom is 0.225 e. The van der Waals surface area contributed by atoms with Crippen molar-refractivity contribution in [2.75, 3.05) is 18.0 Å². The summed E-state index contributed by atoms with van der Waals surface area (Å²) in [6.07, 6.45) is 6.50. The normalized spacial score (nSPS) is 18.5. The van der Waals surface area contributed by atoms with Crippen LogP contribution in [0.5, 0.6) is 0 Å². The molecule has 0 radical (unpaired) electrons. The van der Waals surface area contributed by atoms with Crippen LogP contribution in [0.4, 0.5) is 5.95 Å². The summed E-state index contributed by atoms with van der Waals surface area (Å²) >= 11 is 0. The first-order valence-electron chi connectivity index (χ1n) is 6.08. The third-order valence-electron chi connectivity index (χ3n) is 2.87. The van der Waals surface area contributed by atoms with Gasteiger partial charge in [0, 0.05) is 37.4 Å². The van der Waals surface area contributed by atoms with Gasteiger partial charge in [-0.05, 0) is 32.3 Å². The van der Waals surface area contributed by atoms with Gasteiger partial charge in [0.15, 0.2) is 0 Å². The zero-order chi connectivity index (χ0) is 11.4. The van der Waals surface area contributed by atoms with Crippen LogP contribution in [0.2, 0.25) is 0 Å². The molecule has 2 N–H and O–H groups in total. The molecule has 1 fully saturated rings. The standard InChI is InChI=1S/C12H20N4/c1-10(13)9-11-5-6-14-12(15-11)16-7-3-2-4-8-16/h5-6,10H,2-4,7-9,13H2,1H3. The number of nitrogens with two attached hydrogens (primary N) is 1. The van der Waals surface area contributed by atoms with Gasteiger partial charge < -0.3 is 10.6 Å². The van der Waals surface area contributed by atoms with Crippen molar-refractivity contribution in [1.82, 2.24) is 9.97 Å². The van der Waals surface area contributed by atoms with Crippen LogP contribution in [0.25, 0.3) is 0 Å². The molecular weight excluding hydrogens is 200 g/mol. The van der Waals surface area contributed by atoms with E-state index in [4.69, 9.17) is 5.73 Å². The number of anilines is 1. The van der Waals surface area contributed by atoms with E-state index in [0.717, 1.165) is 31.2 Å². The molecule has 0 amide bonds. The maximum atomic E-state index is 5.78. The van der Waals surface area contributed by atoms with Crippen molar-refractivity contribution in [3.05, 3.63) is 18.0 Å². The van der Waals surface area contributed by atoms with Gasteiger partial charge in [-0.1, -0.05) is 0 Å². The number of aromatic nitrogens is 2. The molecular formula is C12H20N4. The van der Waals surface area contributed by atoms with Gasteiger partial charge >= 0.3 is 0 Å². The first-order chi connectivity index (χ1) is 7.75. The van der Waals surface area contributed by atoms with Crippen LogP contribution in [0, 0.1) is 0 Å². The predicted octanol–water partition coefficient (Wildman–Crippen LogP) is 1.36. The van der Waals surface area contributed by atoms with Gasteiger partial charge in [0.25, 0.3) is 0 Å². The first-order valence-corrected chi connectivity index (χ1v) is 6.08. The zero-order valence-electron chi connectivity index (χ0n) is 9.89. The average Bonchev–Trinajstić information content (AvgIpc) is 2.30. The highest BCUT2D eigenvalue weighted by atomic mass is 15.2. The minimum absolute atomic E-state index is 0.157. The van der Waals surface area contributed by atoms with Crippen molar-refractivity contribution in [2.45, 2.75) is 38.6 Å². The Morgan fingerprint density at radius 2 is 2.12 bits per heavy atom. The van der Waals surface area contributed by atoms with Crippen LogP contribution in [0.3, 0.4) is 0 Å². The van der Waals surface area contributed by atoms with Crippen molar-refractivity contribution >= 4 is 5.95 Å². The largest absolute Gasteiger partial charge is 0.341 e. The molecule has 2 rings (SSSR count). The molecule has 2 heterocycles. The van der Waals surface area contributed by atoms with Crippen molar-refractivity contribution < 1.29 is 0 Å². The molecule has 1 aromatic heterocycles. The summed E-state index contributed by atoms with van der Waals surface area (Å²) in [6, 6.07) is 2.11. The minimum Gasteiger partial charge on any atom is -0.341 e. The highest BCUT2D eigenvalue weighted by Gasteiger charge is 2.13. The SMILES string of the molecule is CC(N)Cc1ccnc(N2CCCCC2)n1. The van der Waals surface area contributed by atoms with Crippen LogP contribution in [-0.4, -0.2) is 29.1 Å². The van der Waals surface area contributed by atoms with Crippen LogP contribution in [-0.2, 0) is 6.42 Å². The highest BCUT2D eigenvalue weighted by Crippen LogP contribution is 2.15. The summed E-state index contributed by atoms with van der Waals surface area (Å²) in [7, 11) is 0. The van der Waals surface area contributed by atoms with Gasteiger partial charge in [-0.2, -0.15) is 0 Å². The molecule has 16 heavy (non-hydrogen) atoms. The minimum atomic E-state index is 0.157. The molecule has 0 aromatic carbocycles. The van der Waals surface area contributed by atoms with Crippen molar-refractivity contribution in [3.8, 4) is 0 Å². The van der Waals surface area contributed by atoms with Crippen LogP contribution in [0.1, 0.15) is 31.9 Å². The lowest BCUT2D eigenvalue weighted by atomic mass is 10.1. The first kappa shape index (κ1) is 11.3. The Kier molecular flexibility index (Phi) is 3.72. The molecule has 1 aliphatic heterocycles. The molecule has 0 spiro atoms. The van der Waals surface area contributed by atoms with E-state index in [-0.39, 0.29) is 6.04 Å². The Hall–Kier alpha value is -1.16.